The molecule has 14 heavy (non-hydrogen) atoms. The second-order valence-corrected chi connectivity index (χ2v) is 2.64. The molecule has 0 aromatic rings. The predicted molar refractivity (Wildman–Crippen MR) is 51.5 cm³/mol. The van der Waals surface area contributed by atoms with Crippen molar-refractivity contribution in [3.05, 3.63) is 24.3 Å². The van der Waals surface area contributed by atoms with Crippen LogP contribution in [0.3, 0.4) is 0 Å². The van der Waals surface area contributed by atoms with E-state index in [1.807, 2.05) is 0 Å². The lowest BCUT2D eigenvalue weighted by Crippen LogP contribution is -2.24. The van der Waals surface area contributed by atoms with Gasteiger partial charge in [0.1, 0.15) is 0 Å². The van der Waals surface area contributed by atoms with Gasteiger partial charge in [0.15, 0.2) is 5.92 Å². The first-order valence-corrected chi connectivity index (χ1v) is 4.03. The highest BCUT2D eigenvalue weighted by molar-refractivity contribution is 5.97. The van der Waals surface area contributed by atoms with Gasteiger partial charge in [0, 0.05) is 0 Å². The van der Waals surface area contributed by atoms with Crippen molar-refractivity contribution in [1.29, 1.82) is 0 Å². The van der Waals surface area contributed by atoms with Crippen LogP contribution < -0.4 is 0 Å². The summed E-state index contributed by atoms with van der Waals surface area (Å²) in [6, 6.07) is 0. The molecule has 0 heterocycles. The summed E-state index contributed by atoms with van der Waals surface area (Å²) in [5, 5.41) is 0. The molecule has 0 N–H and O–H groups in total. The average molecular weight is 198 g/mol. The Morgan fingerprint density at radius 3 is 1.93 bits per heavy atom. The summed E-state index contributed by atoms with van der Waals surface area (Å²) >= 11 is 0. The lowest BCUT2D eigenvalue weighted by atomic mass is 10.1. The molecule has 4 heteroatoms. The normalized spacial score (nSPS) is 11.0. The number of carbonyl (C=O) groups is 2. The van der Waals surface area contributed by atoms with Gasteiger partial charge in [0.2, 0.25) is 0 Å². The van der Waals surface area contributed by atoms with Crippen molar-refractivity contribution in [2.24, 2.45) is 5.92 Å². The van der Waals surface area contributed by atoms with Crippen LogP contribution in [0.1, 0.15) is 6.92 Å². The minimum Gasteiger partial charge on any atom is -0.468 e. The molecule has 0 rings (SSSR count). The molecule has 0 saturated heterocycles. The standard InChI is InChI=1S/C10H14O4/c1-5-7(2)6-8(9(11)13-3)10(12)14-4/h5-6,8H,1H2,2-4H3/b7-6+. The quantitative estimate of drug-likeness (QED) is 0.385. The topological polar surface area (TPSA) is 52.6 Å². The number of carbonyl (C=O) groups excluding carboxylic acids is 2. The highest BCUT2D eigenvalue weighted by Crippen LogP contribution is 2.08. The molecule has 0 radical (unpaired) electrons. The summed E-state index contributed by atoms with van der Waals surface area (Å²) < 4.78 is 8.92. The molecule has 0 aliphatic rings. The zero-order valence-corrected chi connectivity index (χ0v) is 8.57. The summed E-state index contributed by atoms with van der Waals surface area (Å²) in [7, 11) is 2.44. The lowest BCUT2D eigenvalue weighted by Gasteiger charge is -2.08. The van der Waals surface area contributed by atoms with Crippen molar-refractivity contribution in [2.75, 3.05) is 14.2 Å². The average Bonchev–Trinajstić information content (AvgIpc) is 2.23. The van der Waals surface area contributed by atoms with Crippen LogP contribution in [0.2, 0.25) is 0 Å². The van der Waals surface area contributed by atoms with E-state index in [2.05, 4.69) is 16.1 Å². The van der Waals surface area contributed by atoms with Crippen LogP contribution in [0.5, 0.6) is 0 Å². The van der Waals surface area contributed by atoms with E-state index < -0.39 is 17.9 Å². The van der Waals surface area contributed by atoms with E-state index in [1.165, 1.54) is 20.3 Å². The minimum atomic E-state index is -1.01. The van der Waals surface area contributed by atoms with Crippen LogP contribution >= 0.6 is 0 Å². The molecule has 4 nitrogen and oxygen atoms in total. The SMILES string of the molecule is C=C/C(C)=C/C(C(=O)OC)C(=O)OC. The zero-order valence-electron chi connectivity index (χ0n) is 8.57. The van der Waals surface area contributed by atoms with E-state index in [9.17, 15) is 9.59 Å². The van der Waals surface area contributed by atoms with Crippen LogP contribution in [0.15, 0.2) is 24.3 Å². The molecule has 0 saturated carbocycles. The first kappa shape index (κ1) is 12.4. The third-order valence-corrected chi connectivity index (χ3v) is 1.66. The van der Waals surface area contributed by atoms with E-state index in [4.69, 9.17) is 0 Å². The van der Waals surface area contributed by atoms with Crippen LogP contribution in [0.4, 0.5) is 0 Å². The number of hydrogen-bond acceptors (Lipinski definition) is 4. The molecule has 78 valence electrons. The Hall–Kier alpha value is -1.58. The fourth-order valence-corrected chi connectivity index (χ4v) is 0.817. The maximum absolute atomic E-state index is 11.2. The lowest BCUT2D eigenvalue weighted by molar-refractivity contribution is -0.156. The Bertz CT molecular complexity index is 249. The molecule has 0 atom stereocenters. The maximum Gasteiger partial charge on any atom is 0.324 e. The third kappa shape index (κ3) is 3.43. The Kier molecular flexibility index (Phi) is 5.29. The molecule has 0 unspecified atom stereocenters. The van der Waals surface area contributed by atoms with Crippen molar-refractivity contribution in [2.45, 2.75) is 6.92 Å². The van der Waals surface area contributed by atoms with E-state index in [1.54, 1.807) is 13.0 Å². The Balaban J connectivity index is 4.82. The molecule has 0 bridgehead atoms. The zero-order chi connectivity index (χ0) is 11.1. The minimum absolute atomic E-state index is 0.641. The molecule has 0 aliphatic carbocycles. The first-order valence-electron chi connectivity index (χ1n) is 4.03. The van der Waals surface area contributed by atoms with Crippen molar-refractivity contribution in [1.82, 2.24) is 0 Å². The van der Waals surface area contributed by atoms with Crippen LogP contribution in [0, 0.1) is 5.92 Å². The molecule has 0 spiro atoms. The second kappa shape index (κ2) is 5.96. The maximum atomic E-state index is 11.2. The largest absolute Gasteiger partial charge is 0.468 e. The van der Waals surface area contributed by atoms with E-state index >= 15 is 0 Å². The number of hydrogen-bond donors (Lipinski definition) is 0. The summed E-state index contributed by atoms with van der Waals surface area (Å²) in [5.74, 6) is -2.29. The van der Waals surface area contributed by atoms with E-state index in [0.29, 0.717) is 5.57 Å². The molecular weight excluding hydrogens is 184 g/mol. The van der Waals surface area contributed by atoms with Crippen molar-refractivity contribution in [3.8, 4) is 0 Å². The fraction of sp³-hybridized carbons (Fsp3) is 0.400. The highest BCUT2D eigenvalue weighted by atomic mass is 16.5. The fourth-order valence-electron chi connectivity index (χ4n) is 0.817. The van der Waals surface area contributed by atoms with Crippen LogP contribution in [0.25, 0.3) is 0 Å². The summed E-state index contributed by atoms with van der Waals surface area (Å²) in [4.78, 5) is 22.3. The van der Waals surface area contributed by atoms with Gasteiger partial charge in [-0.25, -0.2) is 0 Å². The van der Waals surface area contributed by atoms with Gasteiger partial charge in [0.05, 0.1) is 14.2 Å². The third-order valence-electron chi connectivity index (χ3n) is 1.66. The Labute approximate surface area is 83.2 Å². The van der Waals surface area contributed by atoms with Crippen molar-refractivity contribution in [3.63, 3.8) is 0 Å². The molecule has 0 fully saturated rings. The smallest absolute Gasteiger partial charge is 0.324 e. The second-order valence-electron chi connectivity index (χ2n) is 2.64. The van der Waals surface area contributed by atoms with Crippen molar-refractivity contribution >= 4 is 11.9 Å². The highest BCUT2D eigenvalue weighted by Gasteiger charge is 2.25. The molecule has 0 amide bonds. The number of allylic oxidation sites excluding steroid dienone is 2. The molecule has 0 aromatic heterocycles. The molecular formula is C10H14O4. The van der Waals surface area contributed by atoms with Gasteiger partial charge < -0.3 is 9.47 Å². The number of ether oxygens (including phenoxy) is 2. The van der Waals surface area contributed by atoms with E-state index in [0.717, 1.165) is 0 Å². The van der Waals surface area contributed by atoms with Crippen LogP contribution in [-0.2, 0) is 19.1 Å². The number of esters is 2. The van der Waals surface area contributed by atoms with Gasteiger partial charge in [0.25, 0.3) is 0 Å². The monoisotopic (exact) mass is 198 g/mol. The van der Waals surface area contributed by atoms with Gasteiger partial charge in [-0.15, -0.1) is 0 Å². The summed E-state index contributed by atoms with van der Waals surface area (Å²) in [5.41, 5.74) is 0.714. The first-order chi connectivity index (χ1) is 6.56. The van der Waals surface area contributed by atoms with Gasteiger partial charge in [-0.2, -0.15) is 0 Å². The number of methoxy groups -OCH3 is 2. The Morgan fingerprint density at radius 1 is 1.21 bits per heavy atom. The van der Waals surface area contributed by atoms with Gasteiger partial charge in [-0.1, -0.05) is 24.3 Å². The number of rotatable bonds is 4. The van der Waals surface area contributed by atoms with Gasteiger partial charge in [-0.05, 0) is 6.92 Å². The van der Waals surface area contributed by atoms with Gasteiger partial charge >= 0.3 is 11.9 Å². The Morgan fingerprint density at radius 2 is 1.64 bits per heavy atom. The van der Waals surface area contributed by atoms with Crippen molar-refractivity contribution < 1.29 is 19.1 Å². The van der Waals surface area contributed by atoms with Gasteiger partial charge in [-0.3, -0.25) is 9.59 Å². The molecule has 0 aliphatic heterocycles. The molecule has 0 aromatic carbocycles. The predicted octanol–water partition coefficient (Wildman–Crippen LogP) is 1.08. The summed E-state index contributed by atoms with van der Waals surface area (Å²) in [6.45, 7) is 5.24. The van der Waals surface area contributed by atoms with Crippen LogP contribution in [-0.4, -0.2) is 26.2 Å². The summed E-state index contributed by atoms with van der Waals surface area (Å²) in [6.07, 6.45) is 2.99. The van der Waals surface area contributed by atoms with E-state index in [-0.39, 0.29) is 0 Å².